The van der Waals surface area contributed by atoms with E-state index in [-0.39, 0.29) is 5.91 Å². The fourth-order valence-corrected chi connectivity index (χ4v) is 2.71. The molecule has 0 bridgehead atoms. The van der Waals surface area contributed by atoms with Crippen LogP contribution in [0.25, 0.3) is 0 Å². The van der Waals surface area contributed by atoms with Crippen LogP contribution in [0.15, 0.2) is 53.1 Å². The third-order valence-electron chi connectivity index (χ3n) is 4.39. The second-order valence-electron chi connectivity index (χ2n) is 7.27. The first kappa shape index (κ1) is 20.5. The number of amides is 1. The van der Waals surface area contributed by atoms with Crippen molar-refractivity contribution in [2.45, 2.75) is 34.3 Å². The lowest BCUT2D eigenvalue weighted by Crippen LogP contribution is -2.13. The first-order valence-corrected chi connectivity index (χ1v) is 9.62. The second kappa shape index (κ2) is 9.28. The van der Waals surface area contributed by atoms with Crippen LogP contribution >= 0.6 is 0 Å². The van der Waals surface area contributed by atoms with Crippen molar-refractivity contribution in [3.05, 3.63) is 71.1 Å². The van der Waals surface area contributed by atoms with Crippen LogP contribution in [0.3, 0.4) is 0 Å². The van der Waals surface area contributed by atoms with E-state index in [1.165, 1.54) is 0 Å². The molecule has 2 aromatic carbocycles. The normalized spacial score (nSPS) is 10.8. The molecule has 0 aliphatic heterocycles. The van der Waals surface area contributed by atoms with Crippen LogP contribution in [0.5, 0.6) is 11.5 Å². The van der Waals surface area contributed by atoms with Gasteiger partial charge in [-0.2, -0.15) is 0 Å². The molecular formula is C23H26N2O4. The summed E-state index contributed by atoms with van der Waals surface area (Å²) in [6, 6.07) is 14.4. The Kier molecular flexibility index (Phi) is 6.54. The molecule has 152 valence electrons. The quantitative estimate of drug-likeness (QED) is 0.571. The topological polar surface area (TPSA) is 73.6 Å². The molecular weight excluding hydrogens is 368 g/mol. The molecule has 0 atom stereocenters. The monoisotopic (exact) mass is 394 g/mol. The maximum atomic E-state index is 12.6. The minimum absolute atomic E-state index is 0.206. The Morgan fingerprint density at radius 1 is 1.07 bits per heavy atom. The van der Waals surface area contributed by atoms with E-state index < -0.39 is 0 Å². The van der Waals surface area contributed by atoms with Crippen molar-refractivity contribution in [2.75, 3.05) is 11.9 Å². The van der Waals surface area contributed by atoms with Crippen LogP contribution in [0.4, 0.5) is 5.69 Å². The number of nitrogens with zero attached hydrogens (tertiary/aromatic N) is 1. The molecule has 0 fully saturated rings. The highest BCUT2D eigenvalue weighted by atomic mass is 16.5. The van der Waals surface area contributed by atoms with Gasteiger partial charge in [-0.25, -0.2) is 0 Å². The summed E-state index contributed by atoms with van der Waals surface area (Å²) in [6.07, 6.45) is 0. The summed E-state index contributed by atoms with van der Waals surface area (Å²) >= 11 is 0. The van der Waals surface area contributed by atoms with E-state index in [1.54, 1.807) is 24.3 Å². The van der Waals surface area contributed by atoms with E-state index in [4.69, 9.17) is 14.0 Å². The minimum atomic E-state index is -0.206. The number of benzene rings is 2. The van der Waals surface area contributed by atoms with Crippen LogP contribution < -0.4 is 14.8 Å². The number of anilines is 1. The SMILES string of the molecule is Cc1noc(C)c1COc1ccc(C(=O)Nc2ccccc2OCC(C)C)cc1. The second-order valence-corrected chi connectivity index (χ2v) is 7.27. The maximum absolute atomic E-state index is 12.6. The zero-order valence-electron chi connectivity index (χ0n) is 17.2. The van der Waals surface area contributed by atoms with Crippen molar-refractivity contribution in [3.8, 4) is 11.5 Å². The van der Waals surface area contributed by atoms with Gasteiger partial charge in [-0.05, 0) is 56.2 Å². The highest BCUT2D eigenvalue weighted by molar-refractivity contribution is 6.05. The van der Waals surface area contributed by atoms with E-state index in [9.17, 15) is 4.79 Å². The molecule has 1 heterocycles. The Balaban J connectivity index is 1.62. The van der Waals surface area contributed by atoms with Crippen molar-refractivity contribution >= 4 is 11.6 Å². The summed E-state index contributed by atoms with van der Waals surface area (Å²) in [5.74, 6) is 2.27. The van der Waals surface area contributed by atoms with Crippen molar-refractivity contribution in [2.24, 2.45) is 5.92 Å². The first-order valence-electron chi connectivity index (χ1n) is 9.62. The number of carbonyl (C=O) groups excluding carboxylic acids is 1. The van der Waals surface area contributed by atoms with Gasteiger partial charge in [0.15, 0.2) is 0 Å². The number of ether oxygens (including phenoxy) is 2. The number of nitrogens with one attached hydrogen (secondary N) is 1. The Labute approximate surface area is 170 Å². The van der Waals surface area contributed by atoms with Gasteiger partial charge in [0.2, 0.25) is 0 Å². The van der Waals surface area contributed by atoms with Gasteiger partial charge in [-0.1, -0.05) is 31.1 Å². The van der Waals surface area contributed by atoms with E-state index in [2.05, 4.69) is 24.3 Å². The van der Waals surface area contributed by atoms with Gasteiger partial charge < -0.3 is 19.3 Å². The molecule has 0 saturated carbocycles. The van der Waals surface area contributed by atoms with Gasteiger partial charge in [-0.15, -0.1) is 0 Å². The summed E-state index contributed by atoms with van der Waals surface area (Å²) in [6.45, 7) is 8.85. The van der Waals surface area contributed by atoms with Crippen LogP contribution in [-0.2, 0) is 6.61 Å². The summed E-state index contributed by atoms with van der Waals surface area (Å²) in [4.78, 5) is 12.6. The smallest absolute Gasteiger partial charge is 0.255 e. The molecule has 1 aromatic heterocycles. The lowest BCUT2D eigenvalue weighted by molar-refractivity contribution is 0.102. The predicted molar refractivity (Wildman–Crippen MR) is 111 cm³/mol. The zero-order chi connectivity index (χ0) is 20.8. The Morgan fingerprint density at radius 2 is 1.79 bits per heavy atom. The summed E-state index contributed by atoms with van der Waals surface area (Å²) in [5.41, 5.74) is 2.94. The van der Waals surface area contributed by atoms with Gasteiger partial charge in [0.25, 0.3) is 5.91 Å². The average molecular weight is 394 g/mol. The summed E-state index contributed by atoms with van der Waals surface area (Å²) < 4.78 is 16.7. The van der Waals surface area contributed by atoms with E-state index in [1.807, 2.05) is 38.1 Å². The predicted octanol–water partition coefficient (Wildman–Crippen LogP) is 5.16. The molecule has 6 heteroatoms. The maximum Gasteiger partial charge on any atom is 0.255 e. The largest absolute Gasteiger partial charge is 0.491 e. The Morgan fingerprint density at radius 3 is 2.45 bits per heavy atom. The first-order chi connectivity index (χ1) is 13.9. The summed E-state index contributed by atoms with van der Waals surface area (Å²) in [7, 11) is 0. The molecule has 0 unspecified atom stereocenters. The van der Waals surface area contributed by atoms with E-state index >= 15 is 0 Å². The number of aryl methyl sites for hydroxylation is 2. The number of hydrogen-bond donors (Lipinski definition) is 1. The molecule has 0 aliphatic carbocycles. The highest BCUT2D eigenvalue weighted by Crippen LogP contribution is 2.25. The van der Waals surface area contributed by atoms with Crippen LogP contribution in [0, 0.1) is 19.8 Å². The van der Waals surface area contributed by atoms with Crippen LogP contribution in [0.1, 0.15) is 41.2 Å². The molecule has 0 aliphatic rings. The number of carbonyl (C=O) groups is 1. The van der Waals surface area contributed by atoms with E-state index in [0.29, 0.717) is 41.9 Å². The number of rotatable bonds is 8. The molecule has 1 N–H and O–H groups in total. The molecule has 6 nitrogen and oxygen atoms in total. The lowest BCUT2D eigenvalue weighted by atomic mass is 10.2. The third-order valence-corrected chi connectivity index (χ3v) is 4.39. The Bertz CT molecular complexity index is 942. The molecule has 29 heavy (non-hydrogen) atoms. The van der Waals surface area contributed by atoms with E-state index in [0.717, 1.165) is 17.0 Å². The molecule has 3 aromatic rings. The average Bonchev–Trinajstić information content (AvgIpc) is 3.03. The van der Waals surface area contributed by atoms with Gasteiger partial charge in [0.05, 0.1) is 23.6 Å². The fraction of sp³-hybridized carbons (Fsp3) is 0.304. The number of aromatic nitrogens is 1. The van der Waals surface area contributed by atoms with Crippen molar-refractivity contribution < 1.29 is 18.8 Å². The number of hydrogen-bond acceptors (Lipinski definition) is 5. The van der Waals surface area contributed by atoms with Crippen molar-refractivity contribution in [1.29, 1.82) is 0 Å². The standard InChI is InChI=1S/C23H26N2O4/c1-15(2)13-28-22-8-6-5-7-21(22)24-23(26)18-9-11-19(12-10-18)27-14-20-16(3)25-29-17(20)4/h5-12,15H,13-14H2,1-4H3,(H,24,26). The number of para-hydroxylation sites is 2. The van der Waals surface area contributed by atoms with Gasteiger partial charge in [0, 0.05) is 5.56 Å². The molecule has 0 spiro atoms. The van der Waals surface area contributed by atoms with Crippen LogP contribution in [-0.4, -0.2) is 17.7 Å². The molecule has 0 radical (unpaired) electrons. The highest BCUT2D eigenvalue weighted by Gasteiger charge is 2.12. The Hall–Kier alpha value is -3.28. The lowest BCUT2D eigenvalue weighted by Gasteiger charge is -2.14. The molecule has 1 amide bonds. The zero-order valence-corrected chi connectivity index (χ0v) is 17.2. The van der Waals surface area contributed by atoms with Gasteiger partial charge in [0.1, 0.15) is 23.9 Å². The van der Waals surface area contributed by atoms with Crippen molar-refractivity contribution in [1.82, 2.24) is 5.16 Å². The third kappa shape index (κ3) is 5.38. The summed E-state index contributed by atoms with van der Waals surface area (Å²) in [5, 5.41) is 6.83. The molecule has 0 saturated heterocycles. The van der Waals surface area contributed by atoms with Gasteiger partial charge in [-0.3, -0.25) is 4.79 Å². The van der Waals surface area contributed by atoms with Gasteiger partial charge >= 0.3 is 0 Å². The minimum Gasteiger partial charge on any atom is -0.491 e. The van der Waals surface area contributed by atoms with Crippen LogP contribution in [0.2, 0.25) is 0 Å². The molecule has 3 rings (SSSR count). The van der Waals surface area contributed by atoms with Crippen molar-refractivity contribution in [3.63, 3.8) is 0 Å². The fourth-order valence-electron chi connectivity index (χ4n) is 2.71.